The summed E-state index contributed by atoms with van der Waals surface area (Å²) in [6.07, 6.45) is 43.8. The Morgan fingerprint density at radius 3 is 0.891 bits per heavy atom. The second-order valence-corrected chi connectivity index (χ2v) is 17.2. The first kappa shape index (κ1) is 53.4. The molecule has 0 aromatic heterocycles. The first-order chi connectivity index (χ1) is 26.9. The van der Waals surface area contributed by atoms with Crippen LogP contribution in [0, 0.1) is 5.92 Å². The fraction of sp³-hybridized carbons (Fsp3) is 0.939. The average molecular weight is 779 g/mol. The van der Waals surface area contributed by atoms with Crippen LogP contribution in [0.3, 0.4) is 0 Å². The lowest BCUT2D eigenvalue weighted by Gasteiger charge is -2.18. The van der Waals surface area contributed by atoms with Gasteiger partial charge in [0.1, 0.15) is 13.2 Å². The van der Waals surface area contributed by atoms with Crippen molar-refractivity contribution in [2.24, 2.45) is 5.92 Å². The Morgan fingerprint density at radius 2 is 0.600 bits per heavy atom. The largest absolute Gasteiger partial charge is 0.462 e. The molecule has 0 radical (unpaired) electrons. The molecule has 0 unspecified atom stereocenters. The minimum Gasteiger partial charge on any atom is -0.462 e. The maximum Gasteiger partial charge on any atom is 0.306 e. The maximum absolute atomic E-state index is 12.7. The van der Waals surface area contributed by atoms with E-state index in [1.165, 1.54) is 167 Å². The monoisotopic (exact) mass is 779 g/mol. The van der Waals surface area contributed by atoms with Crippen molar-refractivity contribution >= 4 is 17.9 Å². The van der Waals surface area contributed by atoms with E-state index in [1.54, 1.807) is 0 Å². The van der Waals surface area contributed by atoms with Gasteiger partial charge in [0.15, 0.2) is 6.10 Å². The van der Waals surface area contributed by atoms with E-state index in [2.05, 4.69) is 27.7 Å². The summed E-state index contributed by atoms with van der Waals surface area (Å²) in [4.78, 5) is 37.7. The molecule has 55 heavy (non-hydrogen) atoms. The van der Waals surface area contributed by atoms with Gasteiger partial charge in [-0.05, 0) is 25.2 Å². The molecule has 6 heteroatoms. The summed E-state index contributed by atoms with van der Waals surface area (Å²) in [6.45, 7) is 8.96. The molecule has 0 bridgehead atoms. The Hall–Kier alpha value is -1.59. The van der Waals surface area contributed by atoms with Crippen molar-refractivity contribution in [2.45, 2.75) is 278 Å². The van der Waals surface area contributed by atoms with E-state index in [0.29, 0.717) is 19.3 Å². The first-order valence-electron chi connectivity index (χ1n) is 24.4. The van der Waals surface area contributed by atoms with Gasteiger partial charge < -0.3 is 14.2 Å². The smallest absolute Gasteiger partial charge is 0.306 e. The van der Waals surface area contributed by atoms with Gasteiger partial charge in [0.05, 0.1) is 0 Å². The number of ether oxygens (including phenoxy) is 3. The van der Waals surface area contributed by atoms with Gasteiger partial charge in [-0.3, -0.25) is 14.4 Å². The molecule has 0 aromatic carbocycles. The van der Waals surface area contributed by atoms with Crippen molar-refractivity contribution in [3.05, 3.63) is 0 Å². The van der Waals surface area contributed by atoms with Crippen LogP contribution in [0.15, 0.2) is 0 Å². The van der Waals surface area contributed by atoms with E-state index in [4.69, 9.17) is 14.2 Å². The number of unbranched alkanes of at least 4 members (excludes halogenated alkanes) is 31. The lowest BCUT2D eigenvalue weighted by Crippen LogP contribution is -2.30. The molecule has 0 N–H and O–H groups in total. The molecule has 0 spiro atoms. The highest BCUT2D eigenvalue weighted by Gasteiger charge is 2.19. The van der Waals surface area contributed by atoms with Crippen LogP contribution in [-0.4, -0.2) is 37.2 Å². The van der Waals surface area contributed by atoms with Crippen molar-refractivity contribution < 1.29 is 28.6 Å². The fourth-order valence-corrected chi connectivity index (χ4v) is 7.33. The highest BCUT2D eigenvalue weighted by molar-refractivity contribution is 5.71. The minimum absolute atomic E-state index is 0.0640. The third-order valence-corrected chi connectivity index (χ3v) is 11.0. The fourth-order valence-electron chi connectivity index (χ4n) is 7.33. The van der Waals surface area contributed by atoms with Crippen LogP contribution in [0.1, 0.15) is 272 Å². The maximum atomic E-state index is 12.7. The van der Waals surface area contributed by atoms with Crippen LogP contribution in [0.4, 0.5) is 0 Å². The summed E-state index contributed by atoms with van der Waals surface area (Å²) in [5, 5.41) is 0. The number of carbonyl (C=O) groups excluding carboxylic acids is 3. The topological polar surface area (TPSA) is 78.9 Å². The number of carbonyl (C=O) groups is 3. The summed E-state index contributed by atoms with van der Waals surface area (Å²) >= 11 is 0. The average Bonchev–Trinajstić information content (AvgIpc) is 3.17. The minimum atomic E-state index is -0.759. The van der Waals surface area contributed by atoms with Crippen molar-refractivity contribution in [2.75, 3.05) is 13.2 Å². The lowest BCUT2D eigenvalue weighted by atomic mass is 10.0. The first-order valence-corrected chi connectivity index (χ1v) is 24.4. The molecule has 0 aromatic rings. The highest BCUT2D eigenvalue weighted by Crippen LogP contribution is 2.17. The van der Waals surface area contributed by atoms with Gasteiger partial charge in [0.2, 0.25) is 0 Å². The second-order valence-electron chi connectivity index (χ2n) is 17.2. The molecule has 6 nitrogen and oxygen atoms in total. The van der Waals surface area contributed by atoms with Crippen molar-refractivity contribution in [1.82, 2.24) is 0 Å². The summed E-state index contributed by atoms with van der Waals surface area (Å²) in [6, 6.07) is 0. The SMILES string of the molecule is CCCCCCCCCCCCCCCCCCCC(=O)O[C@@H](COC(=O)CCCCCCCCCCC)COC(=O)CCCCCCCCCCC(C)C. The molecule has 0 aliphatic carbocycles. The van der Waals surface area contributed by atoms with E-state index in [-0.39, 0.29) is 31.1 Å². The highest BCUT2D eigenvalue weighted by atomic mass is 16.6. The lowest BCUT2D eigenvalue weighted by molar-refractivity contribution is -0.167. The zero-order valence-electron chi connectivity index (χ0n) is 37.4. The third kappa shape index (κ3) is 43.4. The molecule has 0 saturated carbocycles. The molecule has 0 fully saturated rings. The van der Waals surface area contributed by atoms with Crippen molar-refractivity contribution in [3.63, 3.8) is 0 Å². The van der Waals surface area contributed by atoms with Gasteiger partial charge >= 0.3 is 17.9 Å². The molecule has 326 valence electrons. The Bertz CT molecular complexity index is 826. The van der Waals surface area contributed by atoms with Gasteiger partial charge in [-0.1, -0.05) is 233 Å². The predicted octanol–water partition coefficient (Wildman–Crippen LogP) is 15.5. The Kier molecular flexibility index (Phi) is 42.3. The van der Waals surface area contributed by atoms with Gasteiger partial charge in [0, 0.05) is 19.3 Å². The third-order valence-electron chi connectivity index (χ3n) is 11.0. The van der Waals surface area contributed by atoms with Crippen LogP contribution in [0.2, 0.25) is 0 Å². The van der Waals surface area contributed by atoms with Crippen LogP contribution in [0.25, 0.3) is 0 Å². The zero-order chi connectivity index (χ0) is 40.3. The van der Waals surface area contributed by atoms with Crippen LogP contribution in [-0.2, 0) is 28.6 Å². The van der Waals surface area contributed by atoms with E-state index in [1.807, 2.05) is 0 Å². The van der Waals surface area contributed by atoms with Crippen LogP contribution >= 0.6 is 0 Å². The van der Waals surface area contributed by atoms with Crippen LogP contribution < -0.4 is 0 Å². The quantitative estimate of drug-likeness (QED) is 0.0348. The number of esters is 3. The molecule has 0 rings (SSSR count). The van der Waals surface area contributed by atoms with Crippen LogP contribution in [0.5, 0.6) is 0 Å². The van der Waals surface area contributed by atoms with Gasteiger partial charge in [-0.15, -0.1) is 0 Å². The summed E-state index contributed by atoms with van der Waals surface area (Å²) in [5.74, 6) is -0.0570. The summed E-state index contributed by atoms with van der Waals surface area (Å²) in [5.41, 5.74) is 0. The Balaban J connectivity index is 4.26. The number of hydrogen-bond donors (Lipinski definition) is 0. The van der Waals surface area contributed by atoms with Gasteiger partial charge in [-0.25, -0.2) is 0 Å². The second kappa shape index (κ2) is 43.5. The van der Waals surface area contributed by atoms with Gasteiger partial charge in [-0.2, -0.15) is 0 Å². The van der Waals surface area contributed by atoms with E-state index < -0.39 is 6.10 Å². The predicted molar refractivity (Wildman–Crippen MR) is 233 cm³/mol. The van der Waals surface area contributed by atoms with E-state index in [9.17, 15) is 14.4 Å². The van der Waals surface area contributed by atoms with E-state index in [0.717, 1.165) is 63.7 Å². The number of hydrogen-bond acceptors (Lipinski definition) is 6. The molecular formula is C49H94O6. The molecular weight excluding hydrogens is 685 g/mol. The normalized spacial score (nSPS) is 11.9. The zero-order valence-corrected chi connectivity index (χ0v) is 37.4. The van der Waals surface area contributed by atoms with Crippen molar-refractivity contribution in [3.8, 4) is 0 Å². The molecule has 0 saturated heterocycles. The molecule has 1 atom stereocenters. The molecule has 0 amide bonds. The summed E-state index contributed by atoms with van der Waals surface area (Å²) in [7, 11) is 0. The number of rotatable bonds is 44. The summed E-state index contributed by atoms with van der Waals surface area (Å²) < 4.78 is 16.7. The van der Waals surface area contributed by atoms with Crippen molar-refractivity contribution in [1.29, 1.82) is 0 Å². The molecule has 0 aliphatic heterocycles. The van der Waals surface area contributed by atoms with Gasteiger partial charge in [0.25, 0.3) is 0 Å². The Morgan fingerprint density at radius 1 is 0.345 bits per heavy atom. The molecule has 0 heterocycles. The van der Waals surface area contributed by atoms with E-state index >= 15 is 0 Å². The Labute approximate surface area is 342 Å². The standard InChI is InChI=1S/C49H94O6/c1-5-7-9-11-13-15-16-17-18-19-20-21-22-24-30-34-38-42-49(52)55-46(43-53-47(50)40-36-32-28-23-14-12-10-8-6-2)44-54-48(51)41-37-33-29-26-25-27-31-35-39-45(3)4/h45-46H,5-44H2,1-4H3/t46-/m0/s1. The molecule has 0 aliphatic rings.